The summed E-state index contributed by atoms with van der Waals surface area (Å²) in [5.74, 6) is 0.851. The number of imidazole rings is 1. The Bertz CT molecular complexity index is 991. The molecule has 1 aromatic carbocycles. The Morgan fingerprint density at radius 1 is 1.23 bits per heavy atom. The summed E-state index contributed by atoms with van der Waals surface area (Å²) in [6, 6.07) is 8.04. The van der Waals surface area contributed by atoms with Gasteiger partial charge in [-0.25, -0.2) is 4.98 Å². The number of rotatable bonds is 5. The summed E-state index contributed by atoms with van der Waals surface area (Å²) < 4.78 is 2.09. The van der Waals surface area contributed by atoms with Gasteiger partial charge in [0.25, 0.3) is 5.91 Å². The molecule has 31 heavy (non-hydrogen) atoms. The van der Waals surface area contributed by atoms with Crippen molar-refractivity contribution < 1.29 is 9.59 Å². The summed E-state index contributed by atoms with van der Waals surface area (Å²) in [6.45, 7) is 8.97. The maximum absolute atomic E-state index is 13.7. The van der Waals surface area contributed by atoms with Gasteiger partial charge in [-0.05, 0) is 58.1 Å². The predicted octanol–water partition coefficient (Wildman–Crippen LogP) is 3.64. The van der Waals surface area contributed by atoms with Crippen LogP contribution in [-0.2, 0) is 4.79 Å². The van der Waals surface area contributed by atoms with Crippen LogP contribution in [0.5, 0.6) is 0 Å². The van der Waals surface area contributed by atoms with Crippen LogP contribution < -0.4 is 0 Å². The molecule has 2 aromatic rings. The third-order valence-corrected chi connectivity index (χ3v) is 7.42. The molecule has 3 fully saturated rings. The number of carbonyl (C=O) groups is 2. The van der Waals surface area contributed by atoms with Crippen molar-refractivity contribution in [2.75, 3.05) is 26.2 Å². The van der Waals surface area contributed by atoms with Crippen LogP contribution in [0.25, 0.3) is 0 Å². The van der Waals surface area contributed by atoms with Gasteiger partial charge in [0.1, 0.15) is 0 Å². The number of aryl methyl sites for hydroxylation is 1. The zero-order chi connectivity index (χ0) is 21.8. The van der Waals surface area contributed by atoms with Gasteiger partial charge in [-0.3, -0.25) is 9.59 Å². The van der Waals surface area contributed by atoms with Gasteiger partial charge in [-0.1, -0.05) is 17.7 Å². The van der Waals surface area contributed by atoms with Crippen LogP contribution in [0.3, 0.4) is 0 Å². The minimum absolute atomic E-state index is 0.0126. The zero-order valence-corrected chi connectivity index (χ0v) is 18.8. The third-order valence-electron chi connectivity index (χ3n) is 7.42. The second kappa shape index (κ2) is 7.50. The normalized spacial score (nSPS) is 25.9. The first-order valence-corrected chi connectivity index (χ1v) is 11.6. The van der Waals surface area contributed by atoms with Crippen molar-refractivity contribution in [1.29, 1.82) is 0 Å². The van der Waals surface area contributed by atoms with E-state index in [2.05, 4.69) is 29.5 Å². The van der Waals surface area contributed by atoms with Crippen LogP contribution in [0.2, 0.25) is 0 Å². The Morgan fingerprint density at radius 2 is 1.97 bits per heavy atom. The van der Waals surface area contributed by atoms with Crippen LogP contribution in [0.1, 0.15) is 66.7 Å². The van der Waals surface area contributed by atoms with Gasteiger partial charge in [-0.2, -0.15) is 0 Å². The quantitative estimate of drug-likeness (QED) is 0.742. The van der Waals surface area contributed by atoms with Gasteiger partial charge < -0.3 is 14.4 Å². The molecule has 3 heterocycles. The molecule has 0 radical (unpaired) electrons. The molecule has 2 aliphatic heterocycles. The molecule has 6 nitrogen and oxygen atoms in total. The number of amides is 2. The van der Waals surface area contributed by atoms with E-state index in [9.17, 15) is 9.59 Å². The molecule has 3 aliphatic rings. The molecule has 2 saturated heterocycles. The minimum Gasteiger partial charge on any atom is -0.342 e. The molecule has 1 aromatic heterocycles. The van der Waals surface area contributed by atoms with Crippen molar-refractivity contribution in [3.63, 3.8) is 0 Å². The summed E-state index contributed by atoms with van der Waals surface area (Å²) in [5.41, 5.74) is 2.21. The van der Waals surface area contributed by atoms with Crippen molar-refractivity contribution in [2.24, 2.45) is 11.3 Å². The molecule has 164 valence electrons. The van der Waals surface area contributed by atoms with Crippen molar-refractivity contribution in [3.05, 3.63) is 53.6 Å². The van der Waals surface area contributed by atoms with E-state index >= 15 is 0 Å². The first-order chi connectivity index (χ1) is 14.9. The summed E-state index contributed by atoms with van der Waals surface area (Å²) in [7, 11) is 0. The fraction of sp³-hybridized carbons (Fsp3) is 0.560. The summed E-state index contributed by atoms with van der Waals surface area (Å²) in [4.78, 5) is 35.7. The van der Waals surface area contributed by atoms with E-state index in [-0.39, 0.29) is 17.7 Å². The molecular weight excluding hydrogens is 388 g/mol. The Balaban J connectivity index is 1.46. The summed E-state index contributed by atoms with van der Waals surface area (Å²) in [5, 5.41) is 0. The van der Waals surface area contributed by atoms with E-state index in [4.69, 9.17) is 4.98 Å². The molecule has 0 bridgehead atoms. The molecule has 1 aliphatic carbocycles. The monoisotopic (exact) mass is 420 g/mol. The highest BCUT2D eigenvalue weighted by atomic mass is 16.2. The number of hydrogen-bond donors (Lipinski definition) is 0. The van der Waals surface area contributed by atoms with Crippen LogP contribution in [-0.4, -0.2) is 57.3 Å². The number of benzene rings is 1. The molecular formula is C25H32N4O2. The molecule has 1 saturated carbocycles. The predicted molar refractivity (Wildman–Crippen MR) is 119 cm³/mol. The van der Waals surface area contributed by atoms with Gasteiger partial charge >= 0.3 is 0 Å². The third kappa shape index (κ3) is 3.56. The number of carbonyl (C=O) groups excluding carboxylic acids is 2. The molecule has 6 heteroatoms. The fourth-order valence-electron chi connectivity index (χ4n) is 5.25. The highest BCUT2D eigenvalue weighted by Crippen LogP contribution is 2.50. The molecule has 0 N–H and O–H groups in total. The lowest BCUT2D eigenvalue weighted by Crippen LogP contribution is -2.41. The van der Waals surface area contributed by atoms with Crippen LogP contribution in [0.15, 0.2) is 36.8 Å². The lowest BCUT2D eigenvalue weighted by Gasteiger charge is -2.28. The highest BCUT2D eigenvalue weighted by Gasteiger charge is 2.59. The van der Waals surface area contributed by atoms with E-state index in [1.165, 1.54) is 12.8 Å². The highest BCUT2D eigenvalue weighted by molar-refractivity contribution is 5.96. The minimum atomic E-state index is -0.550. The van der Waals surface area contributed by atoms with Crippen molar-refractivity contribution in [1.82, 2.24) is 19.4 Å². The molecule has 0 unspecified atom stereocenters. The first-order valence-electron chi connectivity index (χ1n) is 11.6. The largest absolute Gasteiger partial charge is 0.342 e. The number of aromatic nitrogens is 2. The average molecular weight is 421 g/mol. The van der Waals surface area contributed by atoms with Crippen molar-refractivity contribution in [2.45, 2.75) is 52.0 Å². The Hall–Kier alpha value is -2.63. The van der Waals surface area contributed by atoms with E-state index in [0.29, 0.717) is 30.6 Å². The molecule has 5 rings (SSSR count). The lowest BCUT2D eigenvalue weighted by molar-refractivity contribution is -0.136. The van der Waals surface area contributed by atoms with Gasteiger partial charge in [0.2, 0.25) is 5.91 Å². The van der Waals surface area contributed by atoms with E-state index < -0.39 is 5.41 Å². The van der Waals surface area contributed by atoms with Crippen LogP contribution >= 0.6 is 0 Å². The first kappa shape index (κ1) is 20.3. The number of likely N-dealkylation sites (tertiary alicyclic amines) is 2. The molecule has 2 atom stereocenters. The maximum atomic E-state index is 13.7. The van der Waals surface area contributed by atoms with Crippen LogP contribution in [0.4, 0.5) is 0 Å². The number of hydrogen-bond acceptors (Lipinski definition) is 3. The van der Waals surface area contributed by atoms with Gasteiger partial charge in [0, 0.05) is 49.9 Å². The zero-order valence-electron chi connectivity index (χ0n) is 18.8. The number of nitrogens with zero attached hydrogens (tertiary/aromatic N) is 4. The standard InChI is InChI=1S/C25H32N4O2/c1-17(2)29-14-22(26-16-29)21-13-28(23(30)20-8-4-18(3)5-9-20)15-25(21)10-11-27(24(25)31)12-19-6-7-19/h4-5,8-9,14,16-17,19,21H,6-7,10-13,15H2,1-3H3/t21-,25-/m0/s1. The maximum Gasteiger partial charge on any atom is 0.253 e. The van der Waals surface area contributed by atoms with Crippen LogP contribution in [0, 0.1) is 18.3 Å². The second-order valence-electron chi connectivity index (χ2n) is 10.0. The molecule has 1 spiro atoms. The van der Waals surface area contributed by atoms with E-state index in [1.807, 2.05) is 42.4 Å². The fourth-order valence-corrected chi connectivity index (χ4v) is 5.25. The lowest BCUT2D eigenvalue weighted by atomic mass is 9.75. The van der Waals surface area contributed by atoms with Crippen molar-refractivity contribution >= 4 is 11.8 Å². The van der Waals surface area contributed by atoms with Gasteiger partial charge in [0.15, 0.2) is 0 Å². The SMILES string of the molecule is Cc1ccc(C(=O)N2C[C@@H](c3cn(C(C)C)cn3)[C@]3(CCN(CC4CC4)C3=O)C2)cc1. The van der Waals surface area contributed by atoms with Gasteiger partial charge in [-0.15, -0.1) is 0 Å². The smallest absolute Gasteiger partial charge is 0.253 e. The summed E-state index contributed by atoms with van der Waals surface area (Å²) in [6.07, 6.45) is 7.21. The Kier molecular flexibility index (Phi) is 4.91. The molecule has 2 amide bonds. The Morgan fingerprint density at radius 3 is 2.61 bits per heavy atom. The van der Waals surface area contributed by atoms with E-state index in [0.717, 1.165) is 30.8 Å². The van der Waals surface area contributed by atoms with E-state index in [1.54, 1.807) is 0 Å². The topological polar surface area (TPSA) is 58.4 Å². The average Bonchev–Trinajstić information content (AvgIpc) is 3.17. The Labute approximate surface area is 184 Å². The summed E-state index contributed by atoms with van der Waals surface area (Å²) >= 11 is 0. The second-order valence-corrected chi connectivity index (χ2v) is 10.0. The van der Waals surface area contributed by atoms with Crippen molar-refractivity contribution in [3.8, 4) is 0 Å². The van der Waals surface area contributed by atoms with Gasteiger partial charge in [0.05, 0.1) is 17.4 Å².